The van der Waals surface area contributed by atoms with Gasteiger partial charge < -0.3 is 10.2 Å². The molecule has 1 aliphatic rings. The van der Waals surface area contributed by atoms with E-state index in [-0.39, 0.29) is 45.1 Å². The maximum Gasteiger partial charge on any atom is 0.259 e. The van der Waals surface area contributed by atoms with Crippen LogP contribution in [0.4, 0.5) is 5.69 Å². The third kappa shape index (κ3) is 4.38. The van der Waals surface area contributed by atoms with Crippen LogP contribution in [0.5, 0.6) is 0 Å². The van der Waals surface area contributed by atoms with Gasteiger partial charge in [0.2, 0.25) is 9.84 Å². The van der Waals surface area contributed by atoms with Gasteiger partial charge >= 0.3 is 0 Å². The van der Waals surface area contributed by atoms with Crippen LogP contribution in [0.3, 0.4) is 0 Å². The molecule has 0 fully saturated rings. The van der Waals surface area contributed by atoms with Gasteiger partial charge in [-0.25, -0.2) is 8.42 Å². The Morgan fingerprint density at radius 1 is 1.03 bits per heavy atom. The summed E-state index contributed by atoms with van der Waals surface area (Å²) in [6.07, 6.45) is 0.750. The highest BCUT2D eigenvalue weighted by atomic mass is 35.5. The van der Waals surface area contributed by atoms with Crippen molar-refractivity contribution in [2.45, 2.75) is 42.6 Å². The maximum absolute atomic E-state index is 13.6. The monoisotopic (exact) mass is 482 g/mol. The molecule has 0 bridgehead atoms. The SMILES string of the molecule is CC[C@H](C)NC(=O)c1ccc2c(c1)N(Cc1cccc(Cl)c1)C(=O)c1ccccc1S2(=O)=O. The van der Waals surface area contributed by atoms with E-state index in [9.17, 15) is 18.0 Å². The van der Waals surface area contributed by atoms with Gasteiger partial charge in [-0.2, -0.15) is 0 Å². The summed E-state index contributed by atoms with van der Waals surface area (Å²) in [7, 11) is -3.99. The largest absolute Gasteiger partial charge is 0.350 e. The molecule has 0 saturated carbocycles. The van der Waals surface area contributed by atoms with Gasteiger partial charge in [0.1, 0.15) is 0 Å². The topological polar surface area (TPSA) is 83.6 Å². The van der Waals surface area contributed by atoms with Crippen molar-refractivity contribution in [2.75, 3.05) is 4.90 Å². The van der Waals surface area contributed by atoms with Gasteiger partial charge in [0.15, 0.2) is 0 Å². The molecule has 0 spiro atoms. The molecule has 0 aliphatic carbocycles. The molecule has 8 heteroatoms. The maximum atomic E-state index is 13.6. The number of hydrogen-bond acceptors (Lipinski definition) is 4. The van der Waals surface area contributed by atoms with Crippen LogP contribution in [0, 0.1) is 0 Å². The highest BCUT2D eigenvalue weighted by molar-refractivity contribution is 7.91. The smallest absolute Gasteiger partial charge is 0.259 e. The van der Waals surface area contributed by atoms with Crippen molar-refractivity contribution in [3.8, 4) is 0 Å². The van der Waals surface area contributed by atoms with Gasteiger partial charge in [0, 0.05) is 16.6 Å². The van der Waals surface area contributed by atoms with E-state index in [1.54, 1.807) is 30.3 Å². The van der Waals surface area contributed by atoms with Crippen LogP contribution < -0.4 is 10.2 Å². The number of rotatable bonds is 5. The van der Waals surface area contributed by atoms with Gasteiger partial charge in [-0.05, 0) is 61.4 Å². The molecule has 3 aromatic rings. The summed E-state index contributed by atoms with van der Waals surface area (Å²) in [5, 5.41) is 3.38. The molecule has 170 valence electrons. The molecule has 6 nitrogen and oxygen atoms in total. The summed E-state index contributed by atoms with van der Waals surface area (Å²) in [5.41, 5.74) is 1.25. The average Bonchev–Trinajstić information content (AvgIpc) is 2.87. The van der Waals surface area contributed by atoms with Gasteiger partial charge in [0.25, 0.3) is 11.8 Å². The molecule has 33 heavy (non-hydrogen) atoms. The molecule has 4 rings (SSSR count). The summed E-state index contributed by atoms with van der Waals surface area (Å²) in [4.78, 5) is 27.7. The van der Waals surface area contributed by atoms with Crippen LogP contribution in [-0.4, -0.2) is 26.3 Å². The number of halogens is 1. The number of benzene rings is 3. The quantitative estimate of drug-likeness (QED) is 0.562. The summed E-state index contributed by atoms with van der Waals surface area (Å²) in [5.74, 6) is -0.797. The lowest BCUT2D eigenvalue weighted by Crippen LogP contribution is -2.33. The lowest BCUT2D eigenvalue weighted by atomic mass is 10.1. The van der Waals surface area contributed by atoms with Gasteiger partial charge in [-0.1, -0.05) is 42.8 Å². The van der Waals surface area contributed by atoms with Crippen molar-refractivity contribution < 1.29 is 18.0 Å². The van der Waals surface area contributed by atoms with Crippen molar-refractivity contribution in [3.63, 3.8) is 0 Å². The Morgan fingerprint density at radius 3 is 2.52 bits per heavy atom. The predicted octanol–water partition coefficient (Wildman–Crippen LogP) is 4.86. The van der Waals surface area contributed by atoms with Crippen molar-refractivity contribution >= 4 is 38.9 Å². The number of fused-ring (bicyclic) bond motifs is 2. The summed E-state index contributed by atoms with van der Waals surface area (Å²) < 4.78 is 27.0. The van der Waals surface area contributed by atoms with Gasteiger partial charge in [-0.15, -0.1) is 0 Å². The van der Waals surface area contributed by atoms with Crippen LogP contribution in [0.25, 0.3) is 0 Å². The van der Waals surface area contributed by atoms with Crippen LogP contribution in [-0.2, 0) is 16.4 Å². The van der Waals surface area contributed by atoms with E-state index in [1.165, 1.54) is 35.2 Å². The Hall–Kier alpha value is -3.16. The Bertz CT molecular complexity index is 1350. The van der Waals surface area contributed by atoms with Gasteiger partial charge in [-0.3, -0.25) is 9.59 Å². The Balaban J connectivity index is 1.91. The molecular formula is C25H23ClN2O4S. The molecule has 2 amide bonds. The normalized spacial score (nSPS) is 15.2. The number of sulfone groups is 1. The minimum Gasteiger partial charge on any atom is -0.350 e. The fraction of sp³-hybridized carbons (Fsp3) is 0.200. The van der Waals surface area contributed by atoms with E-state index in [0.717, 1.165) is 12.0 Å². The zero-order valence-corrected chi connectivity index (χ0v) is 19.8. The Labute approximate surface area is 198 Å². The van der Waals surface area contributed by atoms with Crippen molar-refractivity contribution in [3.05, 3.63) is 88.4 Å². The Kier molecular flexibility index (Phi) is 6.28. The lowest BCUT2D eigenvalue weighted by Gasteiger charge is -2.24. The highest BCUT2D eigenvalue weighted by Crippen LogP contribution is 2.38. The standard InChI is InChI=1S/C25H23ClN2O4S/c1-3-16(2)27-24(29)18-11-12-23-21(14-18)28(15-17-7-6-8-19(26)13-17)25(30)20-9-4-5-10-22(20)33(23,31)32/h4-14,16H,3,15H2,1-2H3,(H,27,29)/t16-/m0/s1. The predicted molar refractivity (Wildman–Crippen MR) is 128 cm³/mol. The van der Waals surface area contributed by atoms with E-state index < -0.39 is 15.7 Å². The van der Waals surface area contributed by atoms with E-state index in [0.29, 0.717) is 5.02 Å². The van der Waals surface area contributed by atoms with Crippen LogP contribution in [0.1, 0.15) is 46.5 Å². The Morgan fingerprint density at radius 2 is 1.79 bits per heavy atom. The van der Waals surface area contributed by atoms with Crippen molar-refractivity contribution in [2.24, 2.45) is 0 Å². The lowest BCUT2D eigenvalue weighted by molar-refractivity contribution is 0.0936. The zero-order chi connectivity index (χ0) is 23.8. The first-order valence-electron chi connectivity index (χ1n) is 10.6. The van der Waals surface area contributed by atoms with E-state index in [2.05, 4.69) is 5.32 Å². The fourth-order valence-corrected chi connectivity index (χ4v) is 5.58. The van der Waals surface area contributed by atoms with Crippen LogP contribution >= 0.6 is 11.6 Å². The first kappa shape index (κ1) is 23.0. The number of carbonyl (C=O) groups excluding carboxylic acids is 2. The number of anilines is 1. The van der Waals surface area contributed by atoms with E-state index in [4.69, 9.17) is 11.6 Å². The minimum atomic E-state index is -3.99. The molecule has 0 saturated heterocycles. The molecule has 3 aromatic carbocycles. The number of hydrogen-bond donors (Lipinski definition) is 1. The number of nitrogens with zero attached hydrogens (tertiary/aromatic N) is 1. The molecule has 1 aliphatic heterocycles. The second kappa shape index (κ2) is 9.00. The molecule has 1 atom stereocenters. The van der Waals surface area contributed by atoms with Gasteiger partial charge in [0.05, 0.1) is 27.6 Å². The molecule has 0 aromatic heterocycles. The summed E-state index contributed by atoms with van der Waals surface area (Å²) >= 11 is 6.13. The molecular weight excluding hydrogens is 460 g/mol. The number of carbonyl (C=O) groups is 2. The number of nitrogens with one attached hydrogen (secondary N) is 1. The van der Waals surface area contributed by atoms with E-state index in [1.807, 2.05) is 19.9 Å². The fourth-order valence-electron chi connectivity index (χ4n) is 3.73. The molecule has 1 heterocycles. The first-order chi connectivity index (χ1) is 15.7. The number of amides is 2. The molecule has 0 unspecified atom stereocenters. The second-order valence-electron chi connectivity index (χ2n) is 7.99. The van der Waals surface area contributed by atoms with Crippen LogP contribution in [0.15, 0.2) is 76.5 Å². The molecule has 1 N–H and O–H groups in total. The molecule has 0 radical (unpaired) electrons. The summed E-state index contributed by atoms with van der Waals surface area (Å²) in [6.45, 7) is 3.93. The van der Waals surface area contributed by atoms with Crippen molar-refractivity contribution in [1.82, 2.24) is 5.32 Å². The average molecular weight is 483 g/mol. The zero-order valence-electron chi connectivity index (χ0n) is 18.2. The third-order valence-electron chi connectivity index (χ3n) is 5.67. The first-order valence-corrected chi connectivity index (χ1v) is 12.4. The summed E-state index contributed by atoms with van der Waals surface area (Å²) in [6, 6.07) is 17.5. The minimum absolute atomic E-state index is 0.0251. The second-order valence-corrected chi connectivity index (χ2v) is 10.3. The van der Waals surface area contributed by atoms with Crippen molar-refractivity contribution in [1.29, 1.82) is 0 Å². The third-order valence-corrected chi connectivity index (χ3v) is 7.77. The van der Waals surface area contributed by atoms with E-state index >= 15 is 0 Å². The van der Waals surface area contributed by atoms with Crippen LogP contribution in [0.2, 0.25) is 5.02 Å². The highest BCUT2D eigenvalue weighted by Gasteiger charge is 2.36.